The number of benzene rings is 1. The summed E-state index contributed by atoms with van der Waals surface area (Å²) < 4.78 is 16.2. The van der Waals surface area contributed by atoms with E-state index in [2.05, 4.69) is 5.32 Å². The van der Waals surface area contributed by atoms with Crippen molar-refractivity contribution in [1.82, 2.24) is 9.80 Å². The van der Waals surface area contributed by atoms with E-state index in [4.69, 9.17) is 13.3 Å². The minimum atomic E-state index is -0.482. The molecule has 4 aromatic rings. The molecule has 9 nitrogen and oxygen atoms in total. The van der Waals surface area contributed by atoms with Gasteiger partial charge in [-0.2, -0.15) is 0 Å². The van der Waals surface area contributed by atoms with Gasteiger partial charge in [0.25, 0.3) is 17.7 Å². The Bertz CT molecular complexity index is 1260. The van der Waals surface area contributed by atoms with E-state index in [1.54, 1.807) is 52.3 Å². The average molecular weight is 433 g/mol. The highest BCUT2D eigenvalue weighted by atomic mass is 16.4. The van der Waals surface area contributed by atoms with Crippen molar-refractivity contribution in [2.75, 3.05) is 31.5 Å². The number of fused-ring (bicyclic) bond motifs is 1. The fourth-order valence-corrected chi connectivity index (χ4v) is 3.72. The summed E-state index contributed by atoms with van der Waals surface area (Å²) in [5.74, 6) is -0.622. The number of carbonyl (C=O) groups is 3. The van der Waals surface area contributed by atoms with Crippen LogP contribution in [0.3, 0.4) is 0 Å². The predicted molar refractivity (Wildman–Crippen MR) is 113 cm³/mol. The van der Waals surface area contributed by atoms with Crippen LogP contribution in [-0.2, 0) is 0 Å². The highest BCUT2D eigenvalue weighted by Crippen LogP contribution is 2.32. The molecule has 1 N–H and O–H groups in total. The van der Waals surface area contributed by atoms with Crippen LogP contribution in [0, 0.1) is 0 Å². The first-order valence-electron chi connectivity index (χ1n) is 10.1. The molecule has 3 amide bonds. The molecule has 1 aliphatic rings. The fraction of sp³-hybridized carbons (Fsp3) is 0.174. The molecule has 1 saturated heterocycles. The van der Waals surface area contributed by atoms with Gasteiger partial charge in [-0.1, -0.05) is 12.1 Å². The number of carbonyl (C=O) groups excluding carboxylic acids is 3. The van der Waals surface area contributed by atoms with Crippen LogP contribution in [0.5, 0.6) is 0 Å². The number of piperazine rings is 1. The zero-order valence-electron chi connectivity index (χ0n) is 16.9. The Morgan fingerprint density at radius 3 is 2.03 bits per heavy atom. The quantitative estimate of drug-likeness (QED) is 0.528. The number of nitrogens with zero attached hydrogens (tertiary/aromatic N) is 2. The zero-order chi connectivity index (χ0) is 22.1. The molecular formula is C23H19N3O6. The number of hydrogen-bond acceptors (Lipinski definition) is 6. The Balaban J connectivity index is 1.37. The monoisotopic (exact) mass is 433 g/mol. The Labute approximate surface area is 182 Å². The molecule has 1 aromatic carbocycles. The molecule has 1 fully saturated rings. The van der Waals surface area contributed by atoms with Crippen LogP contribution in [0.4, 0.5) is 5.69 Å². The maximum absolute atomic E-state index is 13.3. The second kappa shape index (κ2) is 8.10. The van der Waals surface area contributed by atoms with Crippen LogP contribution in [-0.4, -0.2) is 53.7 Å². The van der Waals surface area contributed by atoms with Crippen molar-refractivity contribution in [2.24, 2.45) is 0 Å². The van der Waals surface area contributed by atoms with Gasteiger partial charge in [0.15, 0.2) is 11.5 Å². The van der Waals surface area contributed by atoms with E-state index < -0.39 is 5.91 Å². The van der Waals surface area contributed by atoms with Crippen molar-refractivity contribution in [3.8, 4) is 0 Å². The van der Waals surface area contributed by atoms with E-state index in [0.717, 1.165) is 0 Å². The molecule has 0 unspecified atom stereocenters. The minimum Gasteiger partial charge on any atom is -0.459 e. The minimum absolute atomic E-state index is 0.0388. The van der Waals surface area contributed by atoms with Gasteiger partial charge >= 0.3 is 0 Å². The predicted octanol–water partition coefficient (Wildman–Crippen LogP) is 3.47. The summed E-state index contributed by atoms with van der Waals surface area (Å²) in [5, 5.41) is 3.36. The smallest absolute Gasteiger partial charge is 0.291 e. The zero-order valence-corrected chi connectivity index (χ0v) is 16.9. The molecule has 1 aliphatic heterocycles. The lowest BCUT2D eigenvalue weighted by molar-refractivity contribution is 0.0504. The van der Waals surface area contributed by atoms with Crippen LogP contribution in [0.1, 0.15) is 31.7 Å². The summed E-state index contributed by atoms with van der Waals surface area (Å²) in [6.45, 7) is 1.38. The van der Waals surface area contributed by atoms with Crippen molar-refractivity contribution in [1.29, 1.82) is 0 Å². The van der Waals surface area contributed by atoms with E-state index >= 15 is 0 Å². The van der Waals surface area contributed by atoms with Crippen molar-refractivity contribution < 1.29 is 27.6 Å². The topological polar surface area (TPSA) is 109 Å². The van der Waals surface area contributed by atoms with Gasteiger partial charge in [-0.3, -0.25) is 14.4 Å². The van der Waals surface area contributed by atoms with Gasteiger partial charge < -0.3 is 28.4 Å². The summed E-state index contributed by atoms with van der Waals surface area (Å²) in [7, 11) is 0. The normalized spacial score (nSPS) is 14.0. The first kappa shape index (κ1) is 19.7. The number of para-hydroxylation sites is 1. The van der Waals surface area contributed by atoms with E-state index in [0.29, 0.717) is 42.8 Å². The molecule has 0 bridgehead atoms. The molecule has 162 valence electrons. The molecule has 4 heterocycles. The summed E-state index contributed by atoms with van der Waals surface area (Å²) in [6, 6.07) is 13.5. The molecule has 0 aliphatic carbocycles. The van der Waals surface area contributed by atoms with E-state index in [-0.39, 0.29) is 29.1 Å². The van der Waals surface area contributed by atoms with Crippen LogP contribution < -0.4 is 5.32 Å². The van der Waals surface area contributed by atoms with Gasteiger partial charge in [-0.15, -0.1) is 0 Å². The van der Waals surface area contributed by atoms with Crippen LogP contribution >= 0.6 is 0 Å². The number of anilines is 1. The van der Waals surface area contributed by atoms with Crippen LogP contribution in [0.15, 0.2) is 74.3 Å². The third kappa shape index (κ3) is 3.53. The van der Waals surface area contributed by atoms with Gasteiger partial charge in [0.2, 0.25) is 5.76 Å². The summed E-state index contributed by atoms with van der Waals surface area (Å²) >= 11 is 0. The Morgan fingerprint density at radius 1 is 0.750 bits per heavy atom. The van der Waals surface area contributed by atoms with Gasteiger partial charge in [0.05, 0.1) is 12.5 Å². The molecule has 0 spiro atoms. The van der Waals surface area contributed by atoms with Crippen molar-refractivity contribution >= 4 is 34.4 Å². The summed E-state index contributed by atoms with van der Waals surface area (Å²) in [5.41, 5.74) is 0.776. The number of rotatable bonds is 4. The molecule has 0 atom stereocenters. The van der Waals surface area contributed by atoms with Crippen molar-refractivity contribution in [2.45, 2.75) is 0 Å². The number of amides is 3. The highest BCUT2D eigenvalue weighted by molar-refractivity contribution is 6.13. The number of furan rings is 3. The van der Waals surface area contributed by atoms with Crippen LogP contribution in [0.25, 0.3) is 11.0 Å². The second-order valence-electron chi connectivity index (χ2n) is 7.30. The average Bonchev–Trinajstić information content (AvgIpc) is 3.60. The van der Waals surface area contributed by atoms with E-state index in [9.17, 15) is 14.4 Å². The van der Waals surface area contributed by atoms with Gasteiger partial charge in [-0.25, -0.2) is 0 Å². The first-order chi connectivity index (χ1) is 15.6. The SMILES string of the molecule is O=C(Nc1c(C(=O)N2CCN(C(=O)c3ccco3)CC2)oc2ccccc12)c1ccco1. The Morgan fingerprint density at radius 2 is 1.38 bits per heavy atom. The van der Waals surface area contributed by atoms with Gasteiger partial charge in [0, 0.05) is 31.6 Å². The first-order valence-corrected chi connectivity index (χ1v) is 10.1. The largest absolute Gasteiger partial charge is 0.459 e. The molecular weight excluding hydrogens is 414 g/mol. The molecule has 3 aromatic heterocycles. The van der Waals surface area contributed by atoms with E-state index in [1.807, 2.05) is 0 Å². The summed E-state index contributed by atoms with van der Waals surface area (Å²) in [4.78, 5) is 41.6. The number of hydrogen-bond donors (Lipinski definition) is 1. The third-order valence-corrected chi connectivity index (χ3v) is 5.36. The number of nitrogens with one attached hydrogen (secondary N) is 1. The second-order valence-corrected chi connectivity index (χ2v) is 7.30. The van der Waals surface area contributed by atoms with Gasteiger partial charge in [-0.05, 0) is 36.4 Å². The maximum atomic E-state index is 13.3. The Hall–Kier alpha value is -4.27. The maximum Gasteiger partial charge on any atom is 0.291 e. The highest BCUT2D eigenvalue weighted by Gasteiger charge is 2.31. The van der Waals surface area contributed by atoms with Crippen molar-refractivity contribution in [3.63, 3.8) is 0 Å². The molecule has 0 saturated carbocycles. The van der Waals surface area contributed by atoms with Crippen molar-refractivity contribution in [3.05, 3.63) is 78.3 Å². The summed E-state index contributed by atoms with van der Waals surface area (Å²) in [6.07, 6.45) is 2.85. The standard InChI is InChI=1S/C23H19N3O6/c27-21(17-7-3-13-30-17)24-19-15-5-1-2-6-16(15)32-20(19)23(29)26-11-9-25(10-12-26)22(28)18-8-4-14-31-18/h1-8,13-14H,9-12H2,(H,24,27). The molecule has 5 rings (SSSR count). The molecule has 32 heavy (non-hydrogen) atoms. The third-order valence-electron chi connectivity index (χ3n) is 5.36. The fourth-order valence-electron chi connectivity index (χ4n) is 3.72. The Kier molecular flexibility index (Phi) is 4.98. The van der Waals surface area contributed by atoms with Crippen LogP contribution in [0.2, 0.25) is 0 Å². The lowest BCUT2D eigenvalue weighted by Crippen LogP contribution is -2.50. The lowest BCUT2D eigenvalue weighted by atomic mass is 10.2. The molecule has 9 heteroatoms. The lowest BCUT2D eigenvalue weighted by Gasteiger charge is -2.34. The van der Waals surface area contributed by atoms with E-state index in [1.165, 1.54) is 18.6 Å². The molecule has 0 radical (unpaired) electrons. The van der Waals surface area contributed by atoms with Gasteiger partial charge in [0.1, 0.15) is 11.3 Å².